The van der Waals surface area contributed by atoms with Gasteiger partial charge in [0.05, 0.1) is 17.2 Å². The number of ether oxygens (including phenoxy) is 1. The predicted octanol–water partition coefficient (Wildman–Crippen LogP) is 4.06. The Morgan fingerprint density at radius 2 is 2.20 bits per heavy atom. The summed E-state index contributed by atoms with van der Waals surface area (Å²) in [5, 5.41) is 15.8. The molecule has 0 aliphatic carbocycles. The molecular weight excluding hydrogens is 276 g/mol. The van der Waals surface area contributed by atoms with Gasteiger partial charge in [-0.1, -0.05) is 30.4 Å². The number of hydrogen-bond acceptors (Lipinski definition) is 5. The van der Waals surface area contributed by atoms with Crippen molar-refractivity contribution in [2.75, 3.05) is 11.9 Å². The van der Waals surface area contributed by atoms with Gasteiger partial charge in [-0.2, -0.15) is 0 Å². The first-order valence-corrected chi connectivity index (χ1v) is 7.26. The zero-order chi connectivity index (χ0) is 14.4. The van der Waals surface area contributed by atoms with Gasteiger partial charge in [0.25, 0.3) is 0 Å². The van der Waals surface area contributed by atoms with Crippen LogP contribution in [-0.4, -0.2) is 11.5 Å². The molecule has 6 heteroatoms. The van der Waals surface area contributed by atoms with Crippen molar-refractivity contribution in [1.82, 2.24) is 0 Å². The van der Waals surface area contributed by atoms with Crippen LogP contribution in [0.2, 0.25) is 0 Å². The second kappa shape index (κ2) is 6.91. The van der Waals surface area contributed by atoms with Crippen molar-refractivity contribution in [3.8, 4) is 5.75 Å². The molecule has 1 aromatic carbocycles. The van der Waals surface area contributed by atoms with Crippen LogP contribution < -0.4 is 10.1 Å². The normalized spacial score (nSPS) is 10.2. The van der Waals surface area contributed by atoms with Gasteiger partial charge in [0.15, 0.2) is 0 Å². The number of nitro groups is 1. The van der Waals surface area contributed by atoms with Gasteiger partial charge in [-0.3, -0.25) is 10.1 Å². The SMILES string of the molecule is CCCOc1ccccc1NCc1csc([N+](=O)[O-])c1. The Bertz CT molecular complexity index is 583. The van der Waals surface area contributed by atoms with Crippen molar-refractivity contribution < 1.29 is 9.66 Å². The summed E-state index contributed by atoms with van der Waals surface area (Å²) in [6.45, 7) is 3.26. The number of rotatable bonds is 7. The highest BCUT2D eigenvalue weighted by Gasteiger charge is 2.10. The second-order valence-corrected chi connectivity index (χ2v) is 5.14. The maximum atomic E-state index is 10.6. The number of anilines is 1. The van der Waals surface area contributed by atoms with Crippen LogP contribution >= 0.6 is 11.3 Å². The molecule has 0 amide bonds. The zero-order valence-electron chi connectivity index (χ0n) is 11.2. The van der Waals surface area contributed by atoms with E-state index < -0.39 is 0 Å². The Hall–Kier alpha value is -2.08. The van der Waals surface area contributed by atoms with Gasteiger partial charge in [0.1, 0.15) is 5.75 Å². The van der Waals surface area contributed by atoms with E-state index in [1.54, 1.807) is 11.4 Å². The summed E-state index contributed by atoms with van der Waals surface area (Å²) in [5.41, 5.74) is 1.79. The highest BCUT2D eigenvalue weighted by atomic mass is 32.1. The quantitative estimate of drug-likeness (QED) is 0.617. The molecule has 1 aromatic heterocycles. The third-order valence-electron chi connectivity index (χ3n) is 2.65. The van der Waals surface area contributed by atoms with E-state index in [2.05, 4.69) is 12.2 Å². The van der Waals surface area contributed by atoms with Crippen molar-refractivity contribution in [3.05, 3.63) is 51.4 Å². The lowest BCUT2D eigenvalue weighted by Gasteiger charge is -2.12. The maximum absolute atomic E-state index is 10.6. The zero-order valence-corrected chi connectivity index (χ0v) is 12.0. The van der Waals surface area contributed by atoms with Gasteiger partial charge in [0, 0.05) is 18.0 Å². The van der Waals surface area contributed by atoms with E-state index in [1.165, 1.54) is 0 Å². The molecule has 5 nitrogen and oxygen atoms in total. The van der Waals surface area contributed by atoms with Crippen molar-refractivity contribution >= 4 is 22.0 Å². The van der Waals surface area contributed by atoms with E-state index in [0.29, 0.717) is 13.2 Å². The molecule has 106 valence electrons. The Labute approximate surface area is 121 Å². The lowest BCUT2D eigenvalue weighted by Crippen LogP contribution is -2.02. The number of para-hydroxylation sites is 2. The average Bonchev–Trinajstić information content (AvgIpc) is 2.93. The Balaban J connectivity index is 2.00. The highest BCUT2D eigenvalue weighted by Crippen LogP contribution is 2.26. The highest BCUT2D eigenvalue weighted by molar-refractivity contribution is 7.13. The third kappa shape index (κ3) is 3.71. The molecule has 0 radical (unpaired) electrons. The Kier molecular flexibility index (Phi) is 4.95. The molecule has 2 aromatic rings. The van der Waals surface area contributed by atoms with Crippen LogP contribution in [0.25, 0.3) is 0 Å². The summed E-state index contributed by atoms with van der Waals surface area (Å²) >= 11 is 1.14. The molecule has 2 rings (SSSR count). The smallest absolute Gasteiger partial charge is 0.324 e. The Morgan fingerprint density at radius 1 is 1.40 bits per heavy atom. The summed E-state index contributed by atoms with van der Waals surface area (Å²) in [4.78, 5) is 10.3. The molecule has 20 heavy (non-hydrogen) atoms. The fourth-order valence-corrected chi connectivity index (χ4v) is 2.43. The lowest BCUT2D eigenvalue weighted by atomic mass is 10.2. The molecule has 0 fully saturated rings. The Morgan fingerprint density at radius 3 is 2.90 bits per heavy atom. The van der Waals surface area contributed by atoms with E-state index in [4.69, 9.17) is 4.74 Å². The van der Waals surface area contributed by atoms with Gasteiger partial charge in [-0.25, -0.2) is 0 Å². The van der Waals surface area contributed by atoms with Crippen LogP contribution in [0, 0.1) is 10.1 Å². The minimum atomic E-state index is -0.369. The molecule has 0 spiro atoms. The fraction of sp³-hybridized carbons (Fsp3) is 0.286. The predicted molar refractivity (Wildman–Crippen MR) is 80.5 cm³/mol. The van der Waals surface area contributed by atoms with E-state index in [0.717, 1.165) is 34.8 Å². The van der Waals surface area contributed by atoms with E-state index in [9.17, 15) is 10.1 Å². The van der Waals surface area contributed by atoms with E-state index in [1.807, 2.05) is 24.3 Å². The van der Waals surface area contributed by atoms with Crippen LogP contribution in [0.15, 0.2) is 35.7 Å². The third-order valence-corrected chi connectivity index (χ3v) is 3.58. The summed E-state index contributed by atoms with van der Waals surface area (Å²) in [6.07, 6.45) is 0.949. The van der Waals surface area contributed by atoms with Crippen molar-refractivity contribution in [2.24, 2.45) is 0 Å². The van der Waals surface area contributed by atoms with E-state index in [-0.39, 0.29) is 9.92 Å². The van der Waals surface area contributed by atoms with Crippen LogP contribution in [-0.2, 0) is 6.54 Å². The number of nitrogens with zero attached hydrogens (tertiary/aromatic N) is 1. The second-order valence-electron chi connectivity index (χ2n) is 4.25. The molecule has 0 saturated carbocycles. The summed E-state index contributed by atoms with van der Waals surface area (Å²) < 4.78 is 5.65. The minimum Gasteiger partial charge on any atom is -0.491 e. The van der Waals surface area contributed by atoms with Crippen LogP contribution in [0.1, 0.15) is 18.9 Å². The topological polar surface area (TPSA) is 64.4 Å². The molecular formula is C14H16N2O3S. The first-order valence-electron chi connectivity index (χ1n) is 6.38. The summed E-state index contributed by atoms with van der Waals surface area (Å²) in [7, 11) is 0. The van der Waals surface area contributed by atoms with Crippen molar-refractivity contribution in [1.29, 1.82) is 0 Å². The molecule has 1 heterocycles. The average molecular weight is 292 g/mol. The van der Waals surface area contributed by atoms with Gasteiger partial charge in [-0.05, 0) is 24.1 Å². The summed E-state index contributed by atoms with van der Waals surface area (Å²) in [5.74, 6) is 0.805. The molecule has 0 aliphatic rings. The van der Waals surface area contributed by atoms with Crippen LogP contribution in [0.5, 0.6) is 5.75 Å². The first-order chi connectivity index (χ1) is 9.70. The minimum absolute atomic E-state index is 0.164. The van der Waals surface area contributed by atoms with Gasteiger partial charge >= 0.3 is 5.00 Å². The van der Waals surface area contributed by atoms with Crippen LogP contribution in [0.4, 0.5) is 10.7 Å². The summed E-state index contributed by atoms with van der Waals surface area (Å²) in [6, 6.07) is 9.29. The number of hydrogen-bond donors (Lipinski definition) is 1. The monoisotopic (exact) mass is 292 g/mol. The largest absolute Gasteiger partial charge is 0.491 e. The van der Waals surface area contributed by atoms with E-state index >= 15 is 0 Å². The lowest BCUT2D eigenvalue weighted by molar-refractivity contribution is -0.380. The van der Waals surface area contributed by atoms with Gasteiger partial charge in [-0.15, -0.1) is 0 Å². The molecule has 1 N–H and O–H groups in total. The van der Waals surface area contributed by atoms with Crippen molar-refractivity contribution in [2.45, 2.75) is 19.9 Å². The number of benzene rings is 1. The molecule has 0 unspecified atom stereocenters. The molecule has 0 bridgehead atoms. The molecule has 0 aliphatic heterocycles. The fourth-order valence-electron chi connectivity index (χ4n) is 1.70. The first kappa shape index (κ1) is 14.3. The standard InChI is InChI=1S/C14H16N2O3S/c1-2-7-19-13-6-4-3-5-12(13)15-9-11-8-14(16(17)18)20-10-11/h3-6,8,10,15H,2,7,9H2,1H3. The molecule has 0 atom stereocenters. The number of thiophene rings is 1. The maximum Gasteiger partial charge on any atom is 0.324 e. The van der Waals surface area contributed by atoms with Gasteiger partial charge < -0.3 is 10.1 Å². The number of nitrogens with one attached hydrogen (secondary N) is 1. The van der Waals surface area contributed by atoms with Crippen molar-refractivity contribution in [3.63, 3.8) is 0 Å². The van der Waals surface area contributed by atoms with Crippen LogP contribution in [0.3, 0.4) is 0 Å². The molecule has 0 saturated heterocycles. The van der Waals surface area contributed by atoms with Gasteiger partial charge in [0.2, 0.25) is 0 Å².